The van der Waals surface area contributed by atoms with E-state index in [2.05, 4.69) is 15.0 Å². The van der Waals surface area contributed by atoms with Gasteiger partial charge in [0.2, 0.25) is 0 Å². The molecule has 10 heteroatoms. The van der Waals surface area contributed by atoms with Crippen LogP contribution in [-0.4, -0.2) is 44.3 Å². The van der Waals surface area contributed by atoms with Crippen molar-refractivity contribution in [3.05, 3.63) is 83.0 Å². The van der Waals surface area contributed by atoms with E-state index in [0.29, 0.717) is 52.5 Å². The number of aromatic amines is 1. The normalized spacial score (nSPS) is 11.0. The molecule has 0 unspecified atom stereocenters. The van der Waals surface area contributed by atoms with Crippen molar-refractivity contribution in [3.63, 3.8) is 0 Å². The van der Waals surface area contributed by atoms with Gasteiger partial charge in [-0.1, -0.05) is 41.9 Å². The maximum absolute atomic E-state index is 11.4. The number of aryl methyl sites for hydroxylation is 1. The summed E-state index contributed by atoms with van der Waals surface area (Å²) in [5.74, 6) is -0.0591. The Morgan fingerprint density at radius 2 is 1.68 bits per heavy atom. The zero-order valence-corrected chi connectivity index (χ0v) is 21.0. The number of aromatic hydroxyl groups is 1. The van der Waals surface area contributed by atoms with Crippen molar-refractivity contribution in [1.82, 2.24) is 15.0 Å². The molecule has 0 aliphatic rings. The molecule has 0 saturated heterocycles. The molecule has 192 valence electrons. The van der Waals surface area contributed by atoms with Crippen LogP contribution in [0.3, 0.4) is 0 Å². The third-order valence-electron chi connectivity index (χ3n) is 5.92. The molecule has 0 fully saturated rings. The molecule has 5 aromatic rings. The summed E-state index contributed by atoms with van der Waals surface area (Å²) in [4.78, 5) is 23.2. The number of aromatic carboxylic acids is 1. The fourth-order valence-corrected chi connectivity index (χ4v) is 4.25. The number of pyridine rings is 1. The molecule has 0 radical (unpaired) electrons. The summed E-state index contributed by atoms with van der Waals surface area (Å²) in [7, 11) is 0. The Kier molecular flexibility index (Phi) is 6.87. The van der Waals surface area contributed by atoms with Crippen LogP contribution in [0.1, 0.15) is 15.9 Å². The molecule has 9 nitrogen and oxygen atoms in total. The van der Waals surface area contributed by atoms with E-state index in [4.69, 9.17) is 26.8 Å². The molecule has 0 atom stereocenters. The first-order chi connectivity index (χ1) is 18.3. The highest BCUT2D eigenvalue weighted by atomic mass is 35.5. The number of halogens is 1. The Hall–Kier alpha value is -4.60. The Balaban J connectivity index is 1.40. The minimum Gasteiger partial charge on any atom is -0.507 e. The van der Waals surface area contributed by atoms with E-state index in [1.54, 1.807) is 37.3 Å². The average Bonchev–Trinajstić information content (AvgIpc) is 3.29. The van der Waals surface area contributed by atoms with E-state index in [-0.39, 0.29) is 22.5 Å². The lowest BCUT2D eigenvalue weighted by molar-refractivity contribution is 0.0695. The van der Waals surface area contributed by atoms with E-state index in [1.165, 1.54) is 6.07 Å². The number of benzene rings is 3. The van der Waals surface area contributed by atoms with E-state index >= 15 is 0 Å². The highest BCUT2D eigenvalue weighted by Gasteiger charge is 2.15. The van der Waals surface area contributed by atoms with Gasteiger partial charge in [-0.3, -0.25) is 0 Å². The topological polar surface area (TPSA) is 144 Å². The maximum Gasteiger partial charge on any atom is 0.336 e. The molecule has 5 rings (SSSR count). The SMILES string of the molecule is Cc1ccc(Oc2nc3nc(Cl)c(-c4ccc(-c5ccc(OCCN)cc5O)cc4)cc3[nH]2)cc1C(=O)O. The fourth-order valence-electron chi connectivity index (χ4n) is 4.01. The number of phenols is 1. The van der Waals surface area contributed by atoms with Gasteiger partial charge in [0.25, 0.3) is 0 Å². The summed E-state index contributed by atoms with van der Waals surface area (Å²) in [6.07, 6.45) is 0. The number of imidazole rings is 1. The van der Waals surface area contributed by atoms with Gasteiger partial charge in [-0.05, 0) is 53.9 Å². The summed E-state index contributed by atoms with van der Waals surface area (Å²) in [5.41, 5.74) is 10.2. The number of nitrogens with zero attached hydrogens (tertiary/aromatic N) is 2. The van der Waals surface area contributed by atoms with Crippen molar-refractivity contribution >= 4 is 28.7 Å². The second kappa shape index (κ2) is 10.4. The smallest absolute Gasteiger partial charge is 0.336 e. The molecule has 38 heavy (non-hydrogen) atoms. The predicted molar refractivity (Wildman–Crippen MR) is 144 cm³/mol. The number of hydrogen-bond acceptors (Lipinski definition) is 7. The number of phenolic OH excluding ortho intramolecular Hbond substituents is 1. The van der Waals surface area contributed by atoms with Crippen LogP contribution < -0.4 is 15.2 Å². The van der Waals surface area contributed by atoms with Crippen LogP contribution in [-0.2, 0) is 0 Å². The fraction of sp³-hybridized carbons (Fsp3) is 0.107. The number of carbonyl (C=O) groups is 1. The zero-order valence-electron chi connectivity index (χ0n) is 20.2. The first-order valence-electron chi connectivity index (χ1n) is 11.7. The van der Waals surface area contributed by atoms with Gasteiger partial charge in [0.1, 0.15) is 29.0 Å². The number of H-pyrrole nitrogens is 1. The number of nitrogens with one attached hydrogen (secondary N) is 1. The summed E-state index contributed by atoms with van der Waals surface area (Å²) < 4.78 is 11.2. The van der Waals surface area contributed by atoms with Gasteiger partial charge in [-0.25, -0.2) is 9.78 Å². The summed E-state index contributed by atoms with van der Waals surface area (Å²) >= 11 is 6.49. The monoisotopic (exact) mass is 530 g/mol. The number of hydrogen-bond donors (Lipinski definition) is 4. The van der Waals surface area contributed by atoms with Gasteiger partial charge < -0.3 is 30.4 Å². The third-order valence-corrected chi connectivity index (χ3v) is 6.21. The highest BCUT2D eigenvalue weighted by Crippen LogP contribution is 2.35. The highest BCUT2D eigenvalue weighted by molar-refractivity contribution is 6.32. The van der Waals surface area contributed by atoms with Crippen molar-refractivity contribution in [3.8, 4) is 45.5 Å². The van der Waals surface area contributed by atoms with Crippen LogP contribution in [0.5, 0.6) is 23.3 Å². The molecule has 0 spiro atoms. The lowest BCUT2D eigenvalue weighted by Crippen LogP contribution is -2.10. The lowest BCUT2D eigenvalue weighted by atomic mass is 10.0. The van der Waals surface area contributed by atoms with Gasteiger partial charge >= 0.3 is 12.0 Å². The summed E-state index contributed by atoms with van der Waals surface area (Å²) in [5, 5.41) is 20.1. The third kappa shape index (κ3) is 5.10. The zero-order chi connectivity index (χ0) is 26.8. The first kappa shape index (κ1) is 25.1. The van der Waals surface area contributed by atoms with Crippen molar-refractivity contribution < 1.29 is 24.5 Å². The van der Waals surface area contributed by atoms with Crippen LogP contribution in [0.15, 0.2) is 66.7 Å². The standard InChI is InChI=1S/C28H23ClN4O5/c1-15-2-7-19(12-21(15)27(35)36)38-28-31-23-14-22(25(29)32-26(23)33-28)17-5-3-16(4-6-17)20-9-8-18(13-24(20)34)37-11-10-30/h2-9,12-14,34H,10-11,30H2,1H3,(H,35,36)(H,31,32,33). The van der Waals surface area contributed by atoms with E-state index < -0.39 is 5.97 Å². The Bertz CT molecular complexity index is 1650. The number of carboxylic acids is 1. The molecule has 5 N–H and O–H groups in total. The predicted octanol–water partition coefficient (Wildman–Crippen LogP) is 5.79. The summed E-state index contributed by atoms with van der Waals surface area (Å²) in [6.45, 7) is 2.47. The van der Waals surface area contributed by atoms with Crippen molar-refractivity contribution in [2.75, 3.05) is 13.2 Å². The van der Waals surface area contributed by atoms with Crippen LogP contribution in [0, 0.1) is 6.92 Å². The first-order valence-corrected chi connectivity index (χ1v) is 12.0. The average molecular weight is 531 g/mol. The van der Waals surface area contributed by atoms with Gasteiger partial charge in [0.05, 0.1) is 11.1 Å². The van der Waals surface area contributed by atoms with Crippen molar-refractivity contribution in [1.29, 1.82) is 0 Å². The molecule has 0 bridgehead atoms. The van der Waals surface area contributed by atoms with E-state index in [0.717, 1.165) is 11.1 Å². The van der Waals surface area contributed by atoms with Gasteiger partial charge in [-0.15, -0.1) is 0 Å². The van der Waals surface area contributed by atoms with Crippen LogP contribution in [0.25, 0.3) is 33.4 Å². The Labute approximate surface area is 222 Å². The molecule has 0 saturated carbocycles. The number of aromatic nitrogens is 3. The maximum atomic E-state index is 11.4. The second-order valence-corrected chi connectivity index (χ2v) is 8.88. The van der Waals surface area contributed by atoms with E-state index in [1.807, 2.05) is 30.3 Å². The second-order valence-electron chi connectivity index (χ2n) is 8.52. The molecule has 2 heterocycles. The molecular formula is C28H23ClN4O5. The van der Waals surface area contributed by atoms with Crippen LogP contribution in [0.2, 0.25) is 5.15 Å². The van der Waals surface area contributed by atoms with Crippen LogP contribution in [0.4, 0.5) is 0 Å². The molecule has 0 aliphatic heterocycles. The van der Waals surface area contributed by atoms with Crippen molar-refractivity contribution in [2.45, 2.75) is 6.92 Å². The molecule has 0 amide bonds. The van der Waals surface area contributed by atoms with Crippen molar-refractivity contribution in [2.24, 2.45) is 5.73 Å². The molecular weight excluding hydrogens is 508 g/mol. The molecule has 2 aromatic heterocycles. The largest absolute Gasteiger partial charge is 0.507 e. The van der Waals surface area contributed by atoms with Gasteiger partial charge in [-0.2, -0.15) is 4.98 Å². The van der Waals surface area contributed by atoms with E-state index in [9.17, 15) is 15.0 Å². The summed E-state index contributed by atoms with van der Waals surface area (Å²) in [6, 6.07) is 19.4. The number of fused-ring (bicyclic) bond motifs is 1. The Morgan fingerprint density at radius 3 is 2.37 bits per heavy atom. The van der Waals surface area contributed by atoms with Crippen LogP contribution >= 0.6 is 11.6 Å². The molecule has 3 aromatic carbocycles. The van der Waals surface area contributed by atoms with Gasteiger partial charge in [0.15, 0.2) is 5.65 Å². The lowest BCUT2D eigenvalue weighted by Gasteiger charge is -2.10. The number of ether oxygens (including phenoxy) is 2. The Morgan fingerprint density at radius 1 is 0.974 bits per heavy atom. The molecule has 0 aliphatic carbocycles. The quantitative estimate of drug-likeness (QED) is 0.185. The number of nitrogens with two attached hydrogens (primary N) is 1. The number of rotatable bonds is 8. The van der Waals surface area contributed by atoms with Gasteiger partial charge in [0, 0.05) is 23.7 Å². The number of carboxylic acid groups (broad SMARTS) is 1. The minimum atomic E-state index is -1.04. The minimum absolute atomic E-state index is 0.0995.